The van der Waals surface area contributed by atoms with Gasteiger partial charge in [0.15, 0.2) is 11.6 Å². The summed E-state index contributed by atoms with van der Waals surface area (Å²) in [6.07, 6.45) is 12.4. The molecule has 0 saturated heterocycles. The van der Waals surface area contributed by atoms with E-state index in [-0.39, 0.29) is 5.75 Å². The Bertz CT molecular complexity index is 543. The first-order chi connectivity index (χ1) is 11.2. The molecule has 1 saturated carbocycles. The molecule has 23 heavy (non-hydrogen) atoms. The van der Waals surface area contributed by atoms with Gasteiger partial charge in [-0.25, -0.2) is 4.39 Å². The predicted molar refractivity (Wildman–Crippen MR) is 90.6 cm³/mol. The van der Waals surface area contributed by atoms with Crippen LogP contribution in [0, 0.1) is 23.5 Å². The first-order valence-electron chi connectivity index (χ1n) is 8.54. The third-order valence-corrected chi connectivity index (χ3v) is 4.57. The first kappa shape index (κ1) is 17.7. The van der Waals surface area contributed by atoms with Crippen LogP contribution in [0.1, 0.15) is 44.6 Å². The van der Waals surface area contributed by atoms with Crippen LogP contribution in [0.25, 0.3) is 0 Å². The van der Waals surface area contributed by atoms with Crippen molar-refractivity contribution in [3.8, 4) is 5.75 Å². The molecule has 0 heterocycles. The molecule has 3 heteroatoms. The third kappa shape index (κ3) is 4.92. The minimum Gasteiger partial charge on any atom is -0.491 e. The number of hydrogen-bond donors (Lipinski definition) is 0. The zero-order chi connectivity index (χ0) is 16.7. The van der Waals surface area contributed by atoms with Crippen LogP contribution in [-0.2, 0) is 6.42 Å². The lowest BCUT2D eigenvalue weighted by atomic mass is 9.82. The molecule has 1 nitrogen and oxygen atoms in total. The predicted octanol–water partition coefficient (Wildman–Crippen LogP) is 5.84. The molecule has 1 fully saturated rings. The van der Waals surface area contributed by atoms with Gasteiger partial charge in [-0.1, -0.05) is 24.3 Å². The van der Waals surface area contributed by atoms with Gasteiger partial charge < -0.3 is 4.74 Å². The highest BCUT2D eigenvalue weighted by Crippen LogP contribution is 2.30. The van der Waals surface area contributed by atoms with E-state index >= 15 is 0 Å². The number of benzene rings is 1. The van der Waals surface area contributed by atoms with Gasteiger partial charge >= 0.3 is 0 Å². The highest BCUT2D eigenvalue weighted by molar-refractivity contribution is 5.31. The number of rotatable bonds is 7. The maximum atomic E-state index is 14.0. The largest absolute Gasteiger partial charge is 0.491 e. The van der Waals surface area contributed by atoms with Gasteiger partial charge in [0.05, 0.1) is 6.61 Å². The zero-order valence-electron chi connectivity index (χ0n) is 13.9. The summed E-state index contributed by atoms with van der Waals surface area (Å²) >= 11 is 0. The smallest absolute Gasteiger partial charge is 0.200 e. The average Bonchev–Trinajstić information content (AvgIpc) is 2.58. The van der Waals surface area contributed by atoms with E-state index in [0.29, 0.717) is 30.4 Å². The van der Waals surface area contributed by atoms with Crippen LogP contribution in [0.2, 0.25) is 0 Å². The number of ether oxygens (including phenoxy) is 1. The second kappa shape index (κ2) is 8.85. The van der Waals surface area contributed by atoms with Crippen LogP contribution in [0.5, 0.6) is 5.75 Å². The Labute approximate surface area is 138 Å². The summed E-state index contributed by atoms with van der Waals surface area (Å²) in [5.41, 5.74) is 0.408. The number of allylic oxidation sites excluding steroid dienone is 3. The lowest BCUT2D eigenvalue weighted by Gasteiger charge is -2.24. The Balaban J connectivity index is 1.83. The molecule has 0 radical (unpaired) electrons. The van der Waals surface area contributed by atoms with E-state index in [1.165, 1.54) is 31.7 Å². The Hall–Kier alpha value is -1.64. The second-order valence-electron chi connectivity index (χ2n) is 6.16. The van der Waals surface area contributed by atoms with E-state index in [0.717, 1.165) is 6.42 Å². The summed E-state index contributed by atoms with van der Waals surface area (Å²) in [7, 11) is 0. The molecule has 0 aromatic heterocycles. The van der Waals surface area contributed by atoms with E-state index in [9.17, 15) is 8.78 Å². The van der Waals surface area contributed by atoms with Gasteiger partial charge in [-0.3, -0.25) is 0 Å². The van der Waals surface area contributed by atoms with Crippen molar-refractivity contribution in [1.82, 2.24) is 0 Å². The van der Waals surface area contributed by atoms with Crippen molar-refractivity contribution in [1.29, 1.82) is 0 Å². The van der Waals surface area contributed by atoms with Crippen LogP contribution in [0.15, 0.2) is 36.9 Å². The fourth-order valence-corrected chi connectivity index (χ4v) is 3.13. The molecule has 1 aromatic rings. The molecule has 0 spiro atoms. The van der Waals surface area contributed by atoms with E-state index in [1.807, 2.05) is 0 Å². The maximum Gasteiger partial charge on any atom is 0.200 e. The number of aryl methyl sites for hydroxylation is 1. The van der Waals surface area contributed by atoms with Crippen LogP contribution in [0.4, 0.5) is 8.78 Å². The van der Waals surface area contributed by atoms with Crippen LogP contribution >= 0.6 is 0 Å². The van der Waals surface area contributed by atoms with Crippen molar-refractivity contribution in [2.45, 2.75) is 45.4 Å². The Morgan fingerprint density at radius 2 is 1.83 bits per heavy atom. The maximum absolute atomic E-state index is 14.0. The SMILES string of the molecule is C=CC1CCC(C=CCCc2ccc(OCC)c(F)c2F)CC1. The molecule has 126 valence electrons. The van der Waals surface area contributed by atoms with Gasteiger partial charge in [-0.2, -0.15) is 4.39 Å². The highest BCUT2D eigenvalue weighted by Gasteiger charge is 2.17. The van der Waals surface area contributed by atoms with Crippen LogP contribution < -0.4 is 4.74 Å². The molecule has 1 aliphatic rings. The van der Waals surface area contributed by atoms with Crippen molar-refractivity contribution in [2.75, 3.05) is 6.61 Å². The average molecular weight is 320 g/mol. The summed E-state index contributed by atoms with van der Waals surface area (Å²) in [5.74, 6) is -0.385. The first-order valence-corrected chi connectivity index (χ1v) is 8.54. The minimum atomic E-state index is -0.879. The van der Waals surface area contributed by atoms with E-state index in [4.69, 9.17) is 4.74 Å². The van der Waals surface area contributed by atoms with E-state index in [2.05, 4.69) is 24.8 Å². The number of hydrogen-bond acceptors (Lipinski definition) is 1. The Morgan fingerprint density at radius 3 is 2.48 bits per heavy atom. The molecular weight excluding hydrogens is 294 g/mol. The van der Waals surface area contributed by atoms with Crippen molar-refractivity contribution < 1.29 is 13.5 Å². The van der Waals surface area contributed by atoms with Crippen molar-refractivity contribution in [3.63, 3.8) is 0 Å². The van der Waals surface area contributed by atoms with Crippen LogP contribution in [0.3, 0.4) is 0 Å². The molecule has 0 aliphatic heterocycles. The number of halogens is 2. The summed E-state index contributed by atoms with van der Waals surface area (Å²) in [4.78, 5) is 0. The van der Waals surface area contributed by atoms with Gasteiger partial charge in [0.25, 0.3) is 0 Å². The normalized spacial score (nSPS) is 21.5. The van der Waals surface area contributed by atoms with Gasteiger partial charge in [0.2, 0.25) is 5.82 Å². The van der Waals surface area contributed by atoms with Crippen LogP contribution in [-0.4, -0.2) is 6.61 Å². The molecule has 1 aliphatic carbocycles. The molecule has 0 unspecified atom stereocenters. The summed E-state index contributed by atoms with van der Waals surface area (Å²) < 4.78 is 32.8. The lowest BCUT2D eigenvalue weighted by Crippen LogP contribution is -2.10. The topological polar surface area (TPSA) is 9.23 Å². The van der Waals surface area contributed by atoms with Gasteiger partial charge in [-0.05, 0) is 68.9 Å². The molecule has 0 N–H and O–H groups in total. The van der Waals surface area contributed by atoms with Crippen molar-refractivity contribution in [3.05, 3.63) is 54.1 Å². The summed E-state index contributed by atoms with van der Waals surface area (Å²) in [6, 6.07) is 3.13. The molecule has 1 aromatic carbocycles. The summed E-state index contributed by atoms with van der Waals surface area (Å²) in [5, 5.41) is 0. The second-order valence-corrected chi connectivity index (χ2v) is 6.16. The van der Waals surface area contributed by atoms with Crippen molar-refractivity contribution in [2.24, 2.45) is 11.8 Å². The molecule has 0 amide bonds. The quantitative estimate of drug-likeness (QED) is 0.573. The van der Waals surface area contributed by atoms with Gasteiger partial charge in [0, 0.05) is 0 Å². The zero-order valence-corrected chi connectivity index (χ0v) is 13.9. The Kier molecular flexibility index (Phi) is 6.82. The summed E-state index contributed by atoms with van der Waals surface area (Å²) in [6.45, 7) is 5.93. The molecule has 2 rings (SSSR count). The monoisotopic (exact) mass is 320 g/mol. The fourth-order valence-electron chi connectivity index (χ4n) is 3.13. The standard InChI is InChI=1S/C20H26F2O/c1-3-15-9-11-16(12-10-15)7-5-6-8-17-13-14-18(23-4-2)20(22)19(17)21/h3,5,7,13-16H,1,4,6,8-12H2,2H3. The van der Waals surface area contributed by atoms with E-state index < -0.39 is 11.6 Å². The van der Waals surface area contributed by atoms with E-state index in [1.54, 1.807) is 13.0 Å². The van der Waals surface area contributed by atoms with Crippen molar-refractivity contribution >= 4 is 0 Å². The lowest BCUT2D eigenvalue weighted by molar-refractivity contribution is 0.313. The molecule has 0 bridgehead atoms. The van der Waals surface area contributed by atoms with Gasteiger partial charge in [0.1, 0.15) is 0 Å². The molecular formula is C20H26F2O. The molecule has 0 atom stereocenters. The Morgan fingerprint density at radius 1 is 1.13 bits per heavy atom. The minimum absolute atomic E-state index is 0.0109. The highest BCUT2D eigenvalue weighted by atomic mass is 19.2. The third-order valence-electron chi connectivity index (χ3n) is 4.57. The van der Waals surface area contributed by atoms with Gasteiger partial charge in [-0.15, -0.1) is 6.58 Å². The fraction of sp³-hybridized carbons (Fsp3) is 0.500.